The van der Waals surface area contributed by atoms with E-state index in [1.165, 1.54) is 26.2 Å². The predicted octanol–water partition coefficient (Wildman–Crippen LogP) is 4.55. The Balaban J connectivity index is 2.12. The van der Waals surface area contributed by atoms with Gasteiger partial charge in [-0.25, -0.2) is 26.4 Å². The zero-order valence-corrected chi connectivity index (χ0v) is 18.4. The third kappa shape index (κ3) is 3.76. The molecule has 1 saturated carbocycles. The quantitative estimate of drug-likeness (QED) is 0.580. The van der Waals surface area contributed by atoms with Crippen LogP contribution in [-0.4, -0.2) is 34.5 Å². The molecule has 1 aliphatic carbocycles. The summed E-state index contributed by atoms with van der Waals surface area (Å²) in [6.45, 7) is 1.37. The van der Waals surface area contributed by atoms with Gasteiger partial charge in [-0.15, -0.1) is 0 Å². The Labute approximate surface area is 179 Å². The summed E-state index contributed by atoms with van der Waals surface area (Å²) in [5.41, 5.74) is -0.495. The third-order valence-electron chi connectivity index (χ3n) is 4.96. The molecule has 0 spiro atoms. The second-order valence-electron chi connectivity index (χ2n) is 6.72. The van der Waals surface area contributed by atoms with Gasteiger partial charge in [-0.05, 0) is 40.2 Å². The molecule has 0 bridgehead atoms. The first kappa shape index (κ1) is 22.4. The van der Waals surface area contributed by atoms with Gasteiger partial charge < -0.3 is 9.47 Å². The van der Waals surface area contributed by atoms with Gasteiger partial charge in [-0.3, -0.25) is 4.72 Å². The molecule has 3 rings (SSSR count). The summed E-state index contributed by atoms with van der Waals surface area (Å²) in [6, 6.07) is 5.44. The average molecular weight is 508 g/mol. The lowest BCUT2D eigenvalue weighted by molar-refractivity contribution is 0.0597. The molecule has 0 heterocycles. The van der Waals surface area contributed by atoms with Crippen LogP contribution in [0.25, 0.3) is 0 Å². The highest BCUT2D eigenvalue weighted by atomic mass is 79.9. The monoisotopic (exact) mass is 507 g/mol. The minimum atomic E-state index is -4.28. The Hall–Kier alpha value is -2.27. The van der Waals surface area contributed by atoms with Gasteiger partial charge in [0, 0.05) is 16.0 Å². The molecule has 2 aromatic rings. The van der Waals surface area contributed by atoms with Gasteiger partial charge in [-0.2, -0.15) is 0 Å². The van der Waals surface area contributed by atoms with E-state index in [9.17, 15) is 26.4 Å². The summed E-state index contributed by atoms with van der Waals surface area (Å²) in [4.78, 5) is 12.1. The first-order valence-electron chi connectivity index (χ1n) is 8.60. The van der Waals surface area contributed by atoms with E-state index in [4.69, 9.17) is 9.47 Å². The normalized spacial score (nSPS) is 19.8. The first-order valence-corrected chi connectivity index (χ1v) is 10.9. The Kier molecular flexibility index (Phi) is 5.80. The number of ether oxygens (including phenoxy) is 2. The zero-order valence-electron chi connectivity index (χ0n) is 16.0. The van der Waals surface area contributed by atoms with Gasteiger partial charge in [0.2, 0.25) is 0 Å². The number of esters is 1. The van der Waals surface area contributed by atoms with Crippen molar-refractivity contribution in [2.45, 2.75) is 23.7 Å². The topological polar surface area (TPSA) is 81.7 Å². The maximum Gasteiger partial charge on any atom is 0.343 e. The van der Waals surface area contributed by atoms with E-state index in [1.54, 1.807) is 0 Å². The first-order chi connectivity index (χ1) is 14.0. The molecule has 2 aromatic carbocycles. The number of hydrogen-bond acceptors (Lipinski definition) is 5. The lowest BCUT2D eigenvalue weighted by atomic mass is 10.0. The second-order valence-corrected chi connectivity index (χ2v) is 9.23. The summed E-state index contributed by atoms with van der Waals surface area (Å²) in [7, 11) is -2.02. The minimum Gasteiger partial charge on any atom is -0.495 e. The highest BCUT2D eigenvalue weighted by Gasteiger charge is 2.66. The van der Waals surface area contributed by atoms with Gasteiger partial charge in [0.25, 0.3) is 15.9 Å². The lowest BCUT2D eigenvalue weighted by Gasteiger charge is -2.18. The molecular formula is C19H17BrF3NO5S. The Bertz CT molecular complexity index is 1120. The Morgan fingerprint density at radius 1 is 1.20 bits per heavy atom. The molecule has 0 saturated heterocycles. The molecule has 162 valence electrons. The maximum absolute atomic E-state index is 14.0. The fourth-order valence-electron chi connectivity index (χ4n) is 3.30. The number of hydrogen-bond donors (Lipinski definition) is 1. The summed E-state index contributed by atoms with van der Waals surface area (Å²) < 4.78 is 79.0. The molecule has 0 aliphatic heterocycles. The van der Waals surface area contributed by atoms with E-state index in [0.717, 1.165) is 25.3 Å². The number of halogens is 4. The Morgan fingerprint density at radius 3 is 2.33 bits per heavy atom. The van der Waals surface area contributed by atoms with Gasteiger partial charge in [-0.1, -0.05) is 13.0 Å². The smallest absolute Gasteiger partial charge is 0.343 e. The minimum absolute atomic E-state index is 0.0374. The standard InChI is InChI=1S/C19H17BrF3NO5S/c1-9-16(19(9,22)23)11-5-6-13(15(17(11)28-2)18(25)29-3)24-30(26,27)14-7-4-10(21)8-12(14)20/h4-9,16,24H,1-3H3. The molecule has 0 amide bonds. The largest absolute Gasteiger partial charge is 0.495 e. The number of anilines is 1. The van der Waals surface area contributed by atoms with Gasteiger partial charge in [0.15, 0.2) is 0 Å². The van der Waals surface area contributed by atoms with Gasteiger partial charge in [0.1, 0.15) is 22.0 Å². The summed E-state index contributed by atoms with van der Waals surface area (Å²) in [5.74, 6) is -6.93. The number of methoxy groups -OCH3 is 2. The highest BCUT2D eigenvalue weighted by Crippen LogP contribution is 2.63. The molecule has 30 heavy (non-hydrogen) atoms. The van der Waals surface area contributed by atoms with E-state index in [-0.39, 0.29) is 31.9 Å². The van der Waals surface area contributed by atoms with Crippen molar-refractivity contribution in [3.05, 3.63) is 51.7 Å². The summed E-state index contributed by atoms with van der Waals surface area (Å²) in [5, 5.41) is 0. The van der Waals surface area contributed by atoms with Crippen LogP contribution in [0.2, 0.25) is 0 Å². The summed E-state index contributed by atoms with van der Waals surface area (Å²) >= 11 is 2.98. The number of carbonyl (C=O) groups is 1. The van der Waals surface area contributed by atoms with Crippen molar-refractivity contribution in [3.8, 4) is 5.75 Å². The van der Waals surface area contributed by atoms with Crippen LogP contribution in [-0.2, 0) is 14.8 Å². The van der Waals surface area contributed by atoms with E-state index >= 15 is 0 Å². The molecule has 1 aliphatic rings. The van der Waals surface area contributed by atoms with Crippen molar-refractivity contribution < 1.29 is 35.9 Å². The van der Waals surface area contributed by atoms with Crippen LogP contribution >= 0.6 is 15.9 Å². The number of benzene rings is 2. The third-order valence-corrected chi connectivity index (χ3v) is 7.30. The van der Waals surface area contributed by atoms with Crippen molar-refractivity contribution >= 4 is 37.6 Å². The second kappa shape index (κ2) is 7.77. The van der Waals surface area contributed by atoms with Gasteiger partial charge in [0.05, 0.1) is 25.8 Å². The molecule has 1 N–H and O–H groups in total. The number of sulfonamides is 1. The lowest BCUT2D eigenvalue weighted by Crippen LogP contribution is -2.18. The van der Waals surface area contributed by atoms with Crippen LogP contribution in [0.5, 0.6) is 5.75 Å². The van der Waals surface area contributed by atoms with Crippen molar-refractivity contribution in [1.29, 1.82) is 0 Å². The van der Waals surface area contributed by atoms with Crippen molar-refractivity contribution in [3.63, 3.8) is 0 Å². The Morgan fingerprint density at radius 2 is 1.83 bits per heavy atom. The predicted molar refractivity (Wildman–Crippen MR) is 106 cm³/mol. The maximum atomic E-state index is 14.0. The van der Waals surface area contributed by atoms with Crippen LogP contribution in [0.1, 0.15) is 28.8 Å². The van der Waals surface area contributed by atoms with E-state index in [2.05, 4.69) is 20.7 Å². The molecule has 11 heteroatoms. The average Bonchev–Trinajstić information content (AvgIpc) is 3.16. The fourth-order valence-corrected chi connectivity index (χ4v) is 5.43. The zero-order chi connectivity index (χ0) is 22.4. The molecular weight excluding hydrogens is 491 g/mol. The van der Waals surface area contributed by atoms with E-state index in [1.807, 2.05) is 0 Å². The molecule has 2 unspecified atom stereocenters. The molecule has 2 atom stereocenters. The SMILES string of the molecule is COC(=O)c1c(NS(=O)(=O)c2ccc(F)cc2Br)ccc(C2C(C)C2(F)F)c1OC. The van der Waals surface area contributed by atoms with Crippen molar-refractivity contribution in [1.82, 2.24) is 0 Å². The van der Waals surface area contributed by atoms with Crippen molar-refractivity contribution in [2.75, 3.05) is 18.9 Å². The van der Waals surface area contributed by atoms with E-state index in [0.29, 0.717) is 0 Å². The molecule has 1 fully saturated rings. The summed E-state index contributed by atoms with van der Waals surface area (Å²) in [6.07, 6.45) is 0. The number of rotatable bonds is 6. The van der Waals surface area contributed by atoms with Crippen LogP contribution in [0.3, 0.4) is 0 Å². The van der Waals surface area contributed by atoms with Gasteiger partial charge >= 0.3 is 5.97 Å². The van der Waals surface area contributed by atoms with Crippen LogP contribution in [0, 0.1) is 11.7 Å². The highest BCUT2D eigenvalue weighted by molar-refractivity contribution is 9.10. The van der Waals surface area contributed by atoms with Crippen LogP contribution in [0.4, 0.5) is 18.9 Å². The van der Waals surface area contributed by atoms with Crippen LogP contribution < -0.4 is 9.46 Å². The molecule has 0 aromatic heterocycles. The molecule has 6 nitrogen and oxygen atoms in total. The number of nitrogens with one attached hydrogen (secondary N) is 1. The van der Waals surface area contributed by atoms with E-state index < -0.39 is 39.6 Å². The number of carbonyl (C=O) groups excluding carboxylic acids is 1. The fraction of sp³-hybridized carbons (Fsp3) is 0.316. The number of alkyl halides is 2. The van der Waals surface area contributed by atoms with Crippen molar-refractivity contribution in [2.24, 2.45) is 5.92 Å². The van der Waals surface area contributed by atoms with Crippen LogP contribution in [0.15, 0.2) is 39.7 Å². The molecule has 0 radical (unpaired) electrons.